The molecule has 0 rings (SSSR count). The van der Waals surface area contributed by atoms with E-state index in [1.807, 2.05) is 0 Å². The van der Waals surface area contributed by atoms with Crippen LogP contribution in [0.15, 0.2) is 60.8 Å². The normalized spacial score (nSPS) is 12.4. The van der Waals surface area contributed by atoms with Gasteiger partial charge in [0.2, 0.25) is 0 Å². The Morgan fingerprint density at radius 2 is 0.522 bits per heavy atom. The molecule has 0 aliphatic heterocycles. The molecule has 0 saturated heterocycles. The van der Waals surface area contributed by atoms with Gasteiger partial charge in [-0.1, -0.05) is 255 Å². The van der Waals surface area contributed by atoms with Crippen LogP contribution in [0.3, 0.4) is 0 Å². The second-order valence-electron chi connectivity index (χ2n) is 19.9. The van der Waals surface area contributed by atoms with E-state index < -0.39 is 6.10 Å². The number of unbranched alkanes of at least 4 members (excludes halogenated alkanes) is 33. The van der Waals surface area contributed by atoms with Gasteiger partial charge >= 0.3 is 17.9 Å². The first kappa shape index (κ1) is 66.1. The molecule has 0 aliphatic rings. The van der Waals surface area contributed by atoms with E-state index in [0.29, 0.717) is 19.3 Å². The lowest BCUT2D eigenvalue weighted by Crippen LogP contribution is -2.30. The van der Waals surface area contributed by atoms with Crippen molar-refractivity contribution in [3.8, 4) is 0 Å². The number of hydrogen-bond donors (Lipinski definition) is 0. The Hall–Kier alpha value is -2.89. The number of rotatable bonds is 54. The first-order valence-electron chi connectivity index (χ1n) is 29.8. The van der Waals surface area contributed by atoms with Crippen LogP contribution in [0.5, 0.6) is 0 Å². The lowest BCUT2D eigenvalue weighted by molar-refractivity contribution is -0.167. The van der Waals surface area contributed by atoms with E-state index in [4.69, 9.17) is 14.2 Å². The second kappa shape index (κ2) is 57.7. The molecule has 0 fully saturated rings. The Morgan fingerprint density at radius 3 is 0.841 bits per heavy atom. The van der Waals surface area contributed by atoms with Gasteiger partial charge in [-0.15, -0.1) is 0 Å². The van der Waals surface area contributed by atoms with Gasteiger partial charge in [-0.25, -0.2) is 0 Å². The minimum Gasteiger partial charge on any atom is -0.462 e. The fourth-order valence-corrected chi connectivity index (χ4v) is 8.48. The first-order valence-corrected chi connectivity index (χ1v) is 29.8. The van der Waals surface area contributed by atoms with Crippen LogP contribution >= 0.6 is 0 Å². The highest BCUT2D eigenvalue weighted by Gasteiger charge is 2.19. The van der Waals surface area contributed by atoms with Crippen molar-refractivity contribution in [3.63, 3.8) is 0 Å². The van der Waals surface area contributed by atoms with Gasteiger partial charge in [-0.3, -0.25) is 14.4 Å². The number of hydrogen-bond acceptors (Lipinski definition) is 6. The van der Waals surface area contributed by atoms with E-state index in [1.54, 1.807) is 0 Å². The van der Waals surface area contributed by atoms with Gasteiger partial charge in [0.1, 0.15) is 13.2 Å². The molecule has 6 nitrogen and oxygen atoms in total. The highest BCUT2D eigenvalue weighted by molar-refractivity contribution is 5.71. The zero-order valence-corrected chi connectivity index (χ0v) is 45.8. The largest absolute Gasteiger partial charge is 0.462 e. The molecule has 69 heavy (non-hydrogen) atoms. The summed E-state index contributed by atoms with van der Waals surface area (Å²) in [5, 5.41) is 0. The molecule has 0 amide bonds. The van der Waals surface area contributed by atoms with Crippen molar-refractivity contribution >= 4 is 17.9 Å². The maximum atomic E-state index is 12.9. The summed E-state index contributed by atoms with van der Waals surface area (Å²) in [6.45, 7) is 6.60. The number of ether oxygens (including phenoxy) is 3. The van der Waals surface area contributed by atoms with Gasteiger partial charge in [-0.2, -0.15) is 0 Å². The van der Waals surface area contributed by atoms with Crippen LogP contribution in [0.4, 0.5) is 0 Å². The number of carbonyl (C=O) groups is 3. The quantitative estimate of drug-likeness (QED) is 0.0262. The van der Waals surface area contributed by atoms with Crippen LogP contribution in [0.25, 0.3) is 0 Å². The van der Waals surface area contributed by atoms with E-state index in [9.17, 15) is 14.4 Å². The molecule has 0 aromatic carbocycles. The maximum Gasteiger partial charge on any atom is 0.306 e. The van der Waals surface area contributed by atoms with E-state index in [2.05, 4.69) is 81.5 Å². The van der Waals surface area contributed by atoms with Gasteiger partial charge < -0.3 is 14.2 Å². The zero-order chi connectivity index (χ0) is 50.0. The van der Waals surface area contributed by atoms with Crippen molar-refractivity contribution in [3.05, 3.63) is 60.8 Å². The summed E-state index contributed by atoms with van der Waals surface area (Å²) >= 11 is 0. The van der Waals surface area contributed by atoms with Crippen LogP contribution in [-0.4, -0.2) is 37.2 Å². The van der Waals surface area contributed by atoms with Crippen molar-refractivity contribution in [2.24, 2.45) is 0 Å². The van der Waals surface area contributed by atoms with Gasteiger partial charge in [0.25, 0.3) is 0 Å². The van der Waals surface area contributed by atoms with Gasteiger partial charge in [0, 0.05) is 19.3 Å². The number of esters is 3. The molecule has 0 unspecified atom stereocenters. The molecule has 0 spiro atoms. The molecule has 0 saturated carbocycles. The highest BCUT2D eigenvalue weighted by atomic mass is 16.6. The van der Waals surface area contributed by atoms with Crippen LogP contribution in [0.1, 0.15) is 303 Å². The van der Waals surface area contributed by atoms with Crippen molar-refractivity contribution in [2.75, 3.05) is 13.2 Å². The van der Waals surface area contributed by atoms with Crippen LogP contribution < -0.4 is 0 Å². The molecule has 0 radical (unpaired) electrons. The average Bonchev–Trinajstić information content (AvgIpc) is 3.35. The Bertz CT molecular complexity index is 1250. The SMILES string of the molecule is CCCCC/C=C\C/C=C\C/C=C\CCCCCCC(=O)OC[C@@H](COC(=O)CCCCCCCCCCC/C=C\C/C=C\CCCCC)OC(=O)CCCCCCCCCCCCCCCCC. The van der Waals surface area contributed by atoms with E-state index in [1.165, 1.54) is 173 Å². The Balaban J connectivity index is 4.39. The lowest BCUT2D eigenvalue weighted by Gasteiger charge is -2.18. The van der Waals surface area contributed by atoms with E-state index in [0.717, 1.165) is 89.9 Å². The summed E-state index contributed by atoms with van der Waals surface area (Å²) in [6.07, 6.45) is 72.0. The summed E-state index contributed by atoms with van der Waals surface area (Å²) < 4.78 is 16.9. The molecular formula is C63H112O6. The lowest BCUT2D eigenvalue weighted by atomic mass is 10.0. The third-order valence-electron chi connectivity index (χ3n) is 13.0. The molecule has 0 aliphatic carbocycles. The van der Waals surface area contributed by atoms with Crippen LogP contribution in [-0.2, 0) is 28.6 Å². The third kappa shape index (κ3) is 55.9. The molecule has 400 valence electrons. The van der Waals surface area contributed by atoms with Crippen LogP contribution in [0.2, 0.25) is 0 Å². The summed E-state index contributed by atoms with van der Waals surface area (Å²) in [7, 11) is 0. The minimum absolute atomic E-state index is 0.0812. The Labute approximate surface area is 428 Å². The second-order valence-corrected chi connectivity index (χ2v) is 19.9. The third-order valence-corrected chi connectivity index (χ3v) is 13.0. The summed E-state index contributed by atoms with van der Waals surface area (Å²) in [5.41, 5.74) is 0. The average molecular weight is 966 g/mol. The molecule has 0 heterocycles. The summed E-state index contributed by atoms with van der Waals surface area (Å²) in [6, 6.07) is 0. The van der Waals surface area contributed by atoms with Crippen molar-refractivity contribution in [1.29, 1.82) is 0 Å². The Morgan fingerprint density at radius 1 is 0.290 bits per heavy atom. The molecule has 0 aromatic heterocycles. The van der Waals surface area contributed by atoms with Crippen molar-refractivity contribution in [1.82, 2.24) is 0 Å². The number of carbonyl (C=O) groups excluding carboxylic acids is 3. The highest BCUT2D eigenvalue weighted by Crippen LogP contribution is 2.16. The van der Waals surface area contributed by atoms with Gasteiger partial charge in [0.05, 0.1) is 0 Å². The Kier molecular flexibility index (Phi) is 55.3. The first-order chi connectivity index (χ1) is 34.0. The molecular weight excluding hydrogens is 853 g/mol. The minimum atomic E-state index is -0.784. The van der Waals surface area contributed by atoms with Gasteiger partial charge in [-0.05, 0) is 89.9 Å². The fourth-order valence-electron chi connectivity index (χ4n) is 8.48. The van der Waals surface area contributed by atoms with E-state index in [-0.39, 0.29) is 31.1 Å². The molecule has 1 atom stereocenters. The monoisotopic (exact) mass is 965 g/mol. The molecule has 0 N–H and O–H groups in total. The number of allylic oxidation sites excluding steroid dienone is 10. The summed E-state index contributed by atoms with van der Waals surface area (Å²) in [5.74, 6) is -0.893. The van der Waals surface area contributed by atoms with Crippen LogP contribution in [0, 0.1) is 0 Å². The zero-order valence-electron chi connectivity index (χ0n) is 45.8. The smallest absolute Gasteiger partial charge is 0.306 e. The van der Waals surface area contributed by atoms with E-state index >= 15 is 0 Å². The molecule has 0 aromatic rings. The summed E-state index contributed by atoms with van der Waals surface area (Å²) in [4.78, 5) is 38.2. The predicted molar refractivity (Wildman–Crippen MR) is 298 cm³/mol. The van der Waals surface area contributed by atoms with Crippen molar-refractivity contribution < 1.29 is 28.6 Å². The standard InChI is InChI=1S/C63H112O6/c1-4-7-10-13-16-19-22-25-28-30-31-33-36-38-41-44-47-50-53-56-62(65)68-59-60(69-63(66)57-54-51-48-45-42-39-34-27-24-21-18-15-12-9-6-3)58-67-61(64)55-52-49-46-43-40-37-35-32-29-26-23-20-17-14-11-8-5-2/h16-17,19-20,25-26,28-29,35,37,60H,4-15,18,21-24,27,30-34,36,38-59H2,1-3H3/b19-16-,20-17-,28-25-,29-26-,37-35-/t60-/m0/s1. The molecule has 6 heteroatoms. The molecule has 0 bridgehead atoms. The van der Waals surface area contributed by atoms with Gasteiger partial charge in [0.15, 0.2) is 6.10 Å². The predicted octanol–water partition coefficient (Wildman–Crippen LogP) is 20.0. The fraction of sp³-hybridized carbons (Fsp3) is 0.794. The maximum absolute atomic E-state index is 12.9. The topological polar surface area (TPSA) is 78.9 Å². The van der Waals surface area contributed by atoms with Crippen molar-refractivity contribution in [2.45, 2.75) is 309 Å².